The molecule has 0 amide bonds. The van der Waals surface area contributed by atoms with E-state index < -0.39 is 29.3 Å². The second-order valence-electron chi connectivity index (χ2n) is 7.91. The molecule has 0 spiro atoms. The van der Waals surface area contributed by atoms with E-state index in [-0.39, 0.29) is 13.0 Å². The quantitative estimate of drug-likeness (QED) is 0.782. The van der Waals surface area contributed by atoms with Gasteiger partial charge < -0.3 is 14.9 Å². The molecule has 1 saturated heterocycles. The Bertz CT molecular complexity index is 905. The zero-order chi connectivity index (χ0) is 20.1. The lowest BCUT2D eigenvalue weighted by atomic mass is 9.42. The third-order valence-corrected chi connectivity index (χ3v) is 6.00. The maximum atomic E-state index is 14.6. The van der Waals surface area contributed by atoms with Gasteiger partial charge in [0, 0.05) is 23.4 Å². The molecule has 2 aromatic rings. The van der Waals surface area contributed by atoms with Crippen LogP contribution in [-0.4, -0.2) is 44.7 Å². The van der Waals surface area contributed by atoms with Gasteiger partial charge in [-0.3, -0.25) is 0 Å². The lowest BCUT2D eigenvalue weighted by molar-refractivity contribution is -0.114. The molecule has 3 unspecified atom stereocenters. The van der Waals surface area contributed by atoms with Crippen molar-refractivity contribution in [3.05, 3.63) is 69.0 Å². The number of rotatable bonds is 4. The molecule has 4 rings (SSSR count). The first-order valence-electron chi connectivity index (χ1n) is 9.39. The normalized spacial score (nSPS) is 25.8. The van der Waals surface area contributed by atoms with Crippen LogP contribution in [0.25, 0.3) is 0 Å². The molecule has 7 heteroatoms. The molecule has 4 radical (unpaired) electrons. The fourth-order valence-electron chi connectivity index (χ4n) is 4.15. The highest BCUT2D eigenvalue weighted by atomic mass is 35.5. The van der Waals surface area contributed by atoms with Crippen molar-refractivity contribution < 1.29 is 19.3 Å². The highest BCUT2D eigenvalue weighted by Crippen LogP contribution is 2.38. The molecule has 142 valence electrons. The van der Waals surface area contributed by atoms with Gasteiger partial charge in [-0.25, -0.2) is 4.39 Å². The maximum Gasteiger partial charge on any atom is 0.130 e. The van der Waals surface area contributed by atoms with Gasteiger partial charge in [0.1, 0.15) is 5.82 Å². The van der Waals surface area contributed by atoms with Gasteiger partial charge in [-0.05, 0) is 41.7 Å². The van der Waals surface area contributed by atoms with Crippen molar-refractivity contribution in [3.8, 4) is 0 Å². The van der Waals surface area contributed by atoms with Crippen LogP contribution >= 0.6 is 11.6 Å². The second-order valence-corrected chi connectivity index (χ2v) is 8.31. The summed E-state index contributed by atoms with van der Waals surface area (Å²) in [5.41, 5.74) is 4.14. The number of hydrogen-bond acceptors (Lipinski definition) is 3. The largest absolute Gasteiger partial charge is 0.394 e. The standard InChI is InChI=1S/C21H20B2ClFO3/c22-21(23)9-12-2-1-11(4-17(12)21)3-13-5-16(19(25)8-18(13)24)20-7-14(27)6-15(10-26)28-20/h1-2,4-5,8,14-15,20,26-27H,3,6-7,9-10H2. The Morgan fingerprint density at radius 2 is 2.00 bits per heavy atom. The summed E-state index contributed by atoms with van der Waals surface area (Å²) in [7, 11) is 12.1. The van der Waals surface area contributed by atoms with Crippen LogP contribution in [0.1, 0.15) is 46.8 Å². The molecule has 0 bridgehead atoms. The van der Waals surface area contributed by atoms with E-state index in [9.17, 15) is 14.6 Å². The van der Waals surface area contributed by atoms with Crippen molar-refractivity contribution >= 4 is 27.3 Å². The molecule has 1 heterocycles. The van der Waals surface area contributed by atoms with Gasteiger partial charge in [0.25, 0.3) is 0 Å². The molecule has 2 aliphatic rings. The van der Waals surface area contributed by atoms with Crippen LogP contribution in [0.2, 0.25) is 5.02 Å². The van der Waals surface area contributed by atoms with E-state index >= 15 is 0 Å². The Balaban J connectivity index is 1.62. The number of benzene rings is 2. The summed E-state index contributed by atoms with van der Waals surface area (Å²) in [6.07, 6.45) is -0.0343. The van der Waals surface area contributed by atoms with Gasteiger partial charge in [-0.1, -0.05) is 40.6 Å². The van der Waals surface area contributed by atoms with Crippen molar-refractivity contribution in [2.75, 3.05) is 6.61 Å². The van der Waals surface area contributed by atoms with Crippen LogP contribution < -0.4 is 0 Å². The third kappa shape index (κ3) is 3.76. The Labute approximate surface area is 171 Å². The predicted molar refractivity (Wildman–Crippen MR) is 107 cm³/mol. The zero-order valence-corrected chi connectivity index (χ0v) is 16.1. The molecule has 0 saturated carbocycles. The fourth-order valence-corrected chi connectivity index (χ4v) is 4.36. The van der Waals surface area contributed by atoms with Crippen LogP contribution in [-0.2, 0) is 22.8 Å². The molecule has 0 aromatic heterocycles. The lowest BCUT2D eigenvalue weighted by Gasteiger charge is -2.39. The fraction of sp³-hybridized carbons (Fsp3) is 0.429. The van der Waals surface area contributed by atoms with Crippen molar-refractivity contribution in [2.45, 2.75) is 49.2 Å². The number of aliphatic hydroxyl groups is 2. The number of hydrogen-bond donors (Lipinski definition) is 2. The monoisotopic (exact) mass is 396 g/mol. The van der Waals surface area contributed by atoms with E-state index in [1.165, 1.54) is 6.07 Å². The smallest absolute Gasteiger partial charge is 0.130 e. The molecule has 2 N–H and O–H groups in total. The van der Waals surface area contributed by atoms with Crippen LogP contribution in [0.5, 0.6) is 0 Å². The Morgan fingerprint density at radius 1 is 1.21 bits per heavy atom. The van der Waals surface area contributed by atoms with E-state index in [4.69, 9.17) is 32.0 Å². The van der Waals surface area contributed by atoms with E-state index in [0.29, 0.717) is 29.8 Å². The van der Waals surface area contributed by atoms with Gasteiger partial charge in [-0.15, -0.1) is 0 Å². The van der Waals surface area contributed by atoms with Crippen LogP contribution in [0.3, 0.4) is 0 Å². The average molecular weight is 396 g/mol. The molecule has 1 fully saturated rings. The van der Waals surface area contributed by atoms with Crippen LogP contribution in [0.15, 0.2) is 30.3 Å². The Kier molecular flexibility index (Phi) is 5.34. The first-order chi connectivity index (χ1) is 13.3. The summed E-state index contributed by atoms with van der Waals surface area (Å²) in [6, 6.07) is 8.94. The van der Waals surface area contributed by atoms with Crippen molar-refractivity contribution in [2.24, 2.45) is 0 Å². The van der Waals surface area contributed by atoms with Crippen molar-refractivity contribution in [1.82, 2.24) is 0 Å². The van der Waals surface area contributed by atoms with Gasteiger partial charge in [0.05, 0.1) is 40.6 Å². The van der Waals surface area contributed by atoms with Gasteiger partial charge in [0.2, 0.25) is 0 Å². The number of aliphatic hydroxyl groups excluding tert-OH is 2. The van der Waals surface area contributed by atoms with Crippen LogP contribution in [0.4, 0.5) is 4.39 Å². The molecule has 3 atom stereocenters. The highest BCUT2D eigenvalue weighted by Gasteiger charge is 2.33. The number of ether oxygens (including phenoxy) is 1. The van der Waals surface area contributed by atoms with Gasteiger partial charge in [0.15, 0.2) is 0 Å². The molecule has 3 nitrogen and oxygen atoms in total. The van der Waals surface area contributed by atoms with Gasteiger partial charge in [-0.2, -0.15) is 0 Å². The molecule has 28 heavy (non-hydrogen) atoms. The SMILES string of the molecule is [B]C1([B])Cc2ccc(Cc3cc(C4CC(O)CC(CO)O4)c(F)cc3Cl)cc21. The maximum absolute atomic E-state index is 14.6. The van der Waals surface area contributed by atoms with E-state index in [1.54, 1.807) is 6.07 Å². The topological polar surface area (TPSA) is 49.7 Å². The van der Waals surface area contributed by atoms with E-state index in [1.807, 2.05) is 18.2 Å². The minimum absolute atomic E-state index is 0.218. The first-order valence-corrected chi connectivity index (χ1v) is 9.77. The lowest BCUT2D eigenvalue weighted by Crippen LogP contribution is -2.39. The summed E-state index contributed by atoms with van der Waals surface area (Å²) in [4.78, 5) is 0. The molecular formula is C21H20B2ClFO3. The minimum Gasteiger partial charge on any atom is -0.394 e. The first kappa shape index (κ1) is 20.0. The Morgan fingerprint density at radius 3 is 2.71 bits per heavy atom. The third-order valence-electron chi connectivity index (χ3n) is 5.65. The van der Waals surface area contributed by atoms with E-state index in [2.05, 4.69) is 0 Å². The Hall–Kier alpha value is -1.33. The number of halogens is 2. The summed E-state index contributed by atoms with van der Waals surface area (Å²) in [6.45, 7) is -0.218. The van der Waals surface area contributed by atoms with E-state index in [0.717, 1.165) is 22.3 Å². The summed E-state index contributed by atoms with van der Waals surface area (Å²) in [5.74, 6) is -0.482. The average Bonchev–Trinajstić information content (AvgIpc) is 2.63. The molecule has 1 aliphatic carbocycles. The molecule has 1 aliphatic heterocycles. The van der Waals surface area contributed by atoms with Gasteiger partial charge >= 0.3 is 0 Å². The van der Waals surface area contributed by atoms with Crippen LogP contribution in [0, 0.1) is 5.82 Å². The minimum atomic E-state index is -0.797. The predicted octanol–water partition coefficient (Wildman–Crippen LogP) is 2.69. The van der Waals surface area contributed by atoms with Crippen molar-refractivity contribution in [1.29, 1.82) is 0 Å². The molecule has 2 aromatic carbocycles. The summed E-state index contributed by atoms with van der Waals surface area (Å²) in [5, 5.41) is 18.9. The second kappa shape index (κ2) is 7.49. The highest BCUT2D eigenvalue weighted by molar-refractivity contribution is 6.41. The summed E-state index contributed by atoms with van der Waals surface area (Å²) < 4.78 is 20.4. The number of fused-ring (bicyclic) bond motifs is 1. The zero-order valence-electron chi connectivity index (χ0n) is 15.4. The van der Waals surface area contributed by atoms with Crippen molar-refractivity contribution in [3.63, 3.8) is 0 Å². The summed E-state index contributed by atoms with van der Waals surface area (Å²) >= 11 is 6.30. The molecular weight excluding hydrogens is 376 g/mol.